The summed E-state index contributed by atoms with van der Waals surface area (Å²) in [5.41, 5.74) is 8.00. The molecule has 0 saturated heterocycles. The second kappa shape index (κ2) is 6.15. The fourth-order valence-electron chi connectivity index (χ4n) is 2.64. The average molecular weight is 328 g/mol. The highest BCUT2D eigenvalue weighted by atomic mass is 16.5. The number of rotatable bonds is 5. The summed E-state index contributed by atoms with van der Waals surface area (Å²) in [6, 6.07) is 7.23. The van der Waals surface area contributed by atoms with Crippen LogP contribution in [0.2, 0.25) is 0 Å². The van der Waals surface area contributed by atoms with Crippen LogP contribution >= 0.6 is 0 Å². The second-order valence-corrected chi connectivity index (χ2v) is 5.36. The zero-order valence-corrected chi connectivity index (χ0v) is 13.0. The summed E-state index contributed by atoms with van der Waals surface area (Å²) in [5, 5.41) is 8.81. The minimum absolute atomic E-state index is 0.00741. The van der Waals surface area contributed by atoms with Crippen molar-refractivity contribution in [3.05, 3.63) is 35.5 Å². The number of hydrogen-bond donors (Lipinski definition) is 2. The quantitative estimate of drug-likeness (QED) is 0.845. The molecular formula is C16H16N4O4. The Morgan fingerprint density at radius 1 is 1.29 bits per heavy atom. The number of carbonyl (C=O) groups is 2. The van der Waals surface area contributed by atoms with Crippen LogP contribution in [-0.2, 0) is 11.3 Å². The average Bonchev–Trinajstić information content (AvgIpc) is 2.89. The third kappa shape index (κ3) is 2.85. The molecule has 0 spiro atoms. The van der Waals surface area contributed by atoms with Gasteiger partial charge in [0.05, 0.1) is 25.8 Å². The van der Waals surface area contributed by atoms with Gasteiger partial charge in [-0.25, -0.2) is 9.97 Å². The molecule has 0 radical (unpaired) electrons. The molecule has 8 heteroatoms. The van der Waals surface area contributed by atoms with Gasteiger partial charge in [-0.05, 0) is 24.3 Å². The van der Waals surface area contributed by atoms with Crippen molar-refractivity contribution in [2.24, 2.45) is 0 Å². The van der Waals surface area contributed by atoms with E-state index >= 15 is 0 Å². The summed E-state index contributed by atoms with van der Waals surface area (Å²) >= 11 is 0. The van der Waals surface area contributed by atoms with Crippen molar-refractivity contribution in [1.82, 2.24) is 14.9 Å². The second-order valence-electron chi connectivity index (χ2n) is 5.36. The Hall–Kier alpha value is -3.16. The van der Waals surface area contributed by atoms with E-state index < -0.39 is 5.97 Å². The van der Waals surface area contributed by atoms with Crippen molar-refractivity contribution >= 4 is 17.8 Å². The van der Waals surface area contributed by atoms with E-state index in [1.807, 2.05) is 12.1 Å². The van der Waals surface area contributed by atoms with Crippen LogP contribution in [0.3, 0.4) is 0 Å². The van der Waals surface area contributed by atoms with Crippen LogP contribution in [0.1, 0.15) is 22.5 Å². The SMILES string of the molecule is COc1ccc(-c2nc(N)nc3c2CN(CCC(=O)O)C3=O)cc1. The molecule has 0 bridgehead atoms. The lowest BCUT2D eigenvalue weighted by Gasteiger charge is -2.13. The summed E-state index contributed by atoms with van der Waals surface area (Å²) in [4.78, 5) is 32.9. The first kappa shape index (κ1) is 15.7. The normalized spacial score (nSPS) is 13.0. The van der Waals surface area contributed by atoms with Gasteiger partial charge in [0.15, 0.2) is 0 Å². The summed E-state index contributed by atoms with van der Waals surface area (Å²) in [5.74, 6) is -0.570. The molecule has 1 amide bonds. The molecule has 8 nitrogen and oxygen atoms in total. The highest BCUT2D eigenvalue weighted by Crippen LogP contribution is 2.31. The first-order valence-electron chi connectivity index (χ1n) is 7.31. The molecule has 2 heterocycles. The van der Waals surface area contributed by atoms with Crippen LogP contribution in [0.5, 0.6) is 5.75 Å². The van der Waals surface area contributed by atoms with Crippen LogP contribution in [0.25, 0.3) is 11.3 Å². The minimum Gasteiger partial charge on any atom is -0.497 e. The molecule has 0 atom stereocenters. The number of fused-ring (bicyclic) bond motifs is 1. The molecule has 0 saturated carbocycles. The first-order valence-corrected chi connectivity index (χ1v) is 7.31. The molecule has 0 aliphatic carbocycles. The standard InChI is InChI=1S/C16H16N4O4/c1-24-10-4-2-9(3-5-10)13-11-8-20(7-6-12(21)22)15(23)14(11)19-16(17)18-13/h2-5H,6-8H2,1H3,(H,21,22)(H2,17,18,19). The van der Waals surface area contributed by atoms with E-state index in [4.69, 9.17) is 15.6 Å². The molecule has 124 valence electrons. The Morgan fingerprint density at radius 3 is 2.58 bits per heavy atom. The number of aliphatic carboxylic acids is 1. The Labute approximate surface area is 137 Å². The number of carboxylic acid groups (broad SMARTS) is 1. The smallest absolute Gasteiger partial charge is 0.305 e. The van der Waals surface area contributed by atoms with Gasteiger partial charge in [0.2, 0.25) is 5.95 Å². The van der Waals surface area contributed by atoms with Crippen LogP contribution in [0.4, 0.5) is 5.95 Å². The number of hydrogen-bond acceptors (Lipinski definition) is 6. The van der Waals surface area contributed by atoms with Crippen molar-refractivity contribution in [2.45, 2.75) is 13.0 Å². The number of ether oxygens (including phenoxy) is 1. The van der Waals surface area contributed by atoms with Gasteiger partial charge >= 0.3 is 5.97 Å². The zero-order chi connectivity index (χ0) is 17.3. The maximum Gasteiger partial charge on any atom is 0.305 e. The largest absolute Gasteiger partial charge is 0.497 e. The molecule has 1 aliphatic heterocycles. The maximum atomic E-state index is 12.4. The third-order valence-corrected chi connectivity index (χ3v) is 3.82. The van der Waals surface area contributed by atoms with Gasteiger partial charge in [0, 0.05) is 17.7 Å². The first-order chi connectivity index (χ1) is 11.5. The number of nitrogens with zero attached hydrogens (tertiary/aromatic N) is 3. The van der Waals surface area contributed by atoms with Crippen molar-refractivity contribution in [3.63, 3.8) is 0 Å². The van der Waals surface area contributed by atoms with Gasteiger partial charge in [0.1, 0.15) is 11.4 Å². The van der Waals surface area contributed by atoms with E-state index in [0.717, 1.165) is 5.56 Å². The lowest BCUT2D eigenvalue weighted by Crippen LogP contribution is -2.26. The number of aromatic nitrogens is 2. The molecule has 3 rings (SSSR count). The van der Waals surface area contributed by atoms with Crippen molar-refractivity contribution < 1.29 is 19.4 Å². The van der Waals surface area contributed by atoms with E-state index in [0.29, 0.717) is 17.0 Å². The zero-order valence-electron chi connectivity index (χ0n) is 13.0. The summed E-state index contributed by atoms with van der Waals surface area (Å²) in [7, 11) is 1.58. The summed E-state index contributed by atoms with van der Waals surface area (Å²) in [6.07, 6.45) is -0.124. The number of benzene rings is 1. The molecule has 1 aromatic carbocycles. The Bertz CT molecular complexity index is 804. The van der Waals surface area contributed by atoms with E-state index in [-0.39, 0.29) is 37.1 Å². The molecule has 24 heavy (non-hydrogen) atoms. The fourth-order valence-corrected chi connectivity index (χ4v) is 2.64. The molecule has 1 aromatic heterocycles. The van der Waals surface area contributed by atoms with Crippen LogP contribution in [0.15, 0.2) is 24.3 Å². The highest BCUT2D eigenvalue weighted by molar-refractivity contribution is 5.98. The molecule has 3 N–H and O–H groups in total. The van der Waals surface area contributed by atoms with E-state index in [1.54, 1.807) is 19.2 Å². The third-order valence-electron chi connectivity index (χ3n) is 3.82. The van der Waals surface area contributed by atoms with Crippen LogP contribution in [0, 0.1) is 0 Å². The van der Waals surface area contributed by atoms with Crippen molar-refractivity contribution in [3.8, 4) is 17.0 Å². The van der Waals surface area contributed by atoms with Crippen molar-refractivity contribution in [2.75, 3.05) is 19.4 Å². The van der Waals surface area contributed by atoms with Gasteiger partial charge < -0.3 is 20.5 Å². The molecular weight excluding hydrogens is 312 g/mol. The van der Waals surface area contributed by atoms with Crippen LogP contribution in [-0.4, -0.2) is 45.5 Å². The number of anilines is 1. The number of carbonyl (C=O) groups excluding carboxylic acids is 1. The lowest BCUT2D eigenvalue weighted by molar-refractivity contribution is -0.137. The van der Waals surface area contributed by atoms with Gasteiger partial charge in [-0.15, -0.1) is 0 Å². The van der Waals surface area contributed by atoms with E-state index in [2.05, 4.69) is 9.97 Å². The van der Waals surface area contributed by atoms with Gasteiger partial charge in [-0.2, -0.15) is 0 Å². The summed E-state index contributed by atoms with van der Waals surface area (Å²) < 4.78 is 5.13. The maximum absolute atomic E-state index is 12.4. The van der Waals surface area contributed by atoms with Crippen molar-refractivity contribution in [1.29, 1.82) is 0 Å². The predicted octanol–water partition coefficient (Wildman–Crippen LogP) is 1.16. The van der Waals surface area contributed by atoms with E-state index in [9.17, 15) is 9.59 Å². The Kier molecular flexibility index (Phi) is 4.03. The number of amides is 1. The molecule has 0 unspecified atom stereocenters. The topological polar surface area (TPSA) is 119 Å². The highest BCUT2D eigenvalue weighted by Gasteiger charge is 2.32. The summed E-state index contributed by atoms with van der Waals surface area (Å²) in [6.45, 7) is 0.384. The van der Waals surface area contributed by atoms with Gasteiger partial charge in [-0.1, -0.05) is 0 Å². The van der Waals surface area contributed by atoms with Gasteiger partial charge in [-0.3, -0.25) is 9.59 Å². The Balaban J connectivity index is 1.98. The molecule has 1 aliphatic rings. The molecule has 2 aromatic rings. The number of nitrogen functional groups attached to an aromatic ring is 1. The van der Waals surface area contributed by atoms with Crippen LogP contribution < -0.4 is 10.5 Å². The Morgan fingerprint density at radius 2 is 1.96 bits per heavy atom. The number of nitrogens with two attached hydrogens (primary N) is 1. The fraction of sp³-hybridized carbons (Fsp3) is 0.250. The molecule has 0 fully saturated rings. The van der Waals surface area contributed by atoms with Gasteiger partial charge in [0.25, 0.3) is 5.91 Å². The lowest BCUT2D eigenvalue weighted by atomic mass is 10.1. The predicted molar refractivity (Wildman–Crippen MR) is 85.4 cm³/mol. The monoisotopic (exact) mass is 328 g/mol. The number of methoxy groups -OCH3 is 1. The number of carboxylic acids is 1. The van der Waals surface area contributed by atoms with E-state index in [1.165, 1.54) is 4.90 Å². The minimum atomic E-state index is -0.959.